The number of carbonyl (C=O) groups is 3. The smallest absolute Gasteiger partial charge is 0.323 e. The molecule has 1 fully saturated rings. The minimum absolute atomic E-state index is 0.0196. The molecule has 3 heterocycles. The highest BCUT2D eigenvalue weighted by Gasteiger charge is 2.51. The molecule has 3 rings (SSSR count). The number of esters is 3. The number of fused-ring (bicyclic) bond motifs is 1. The number of hydrogen-bond acceptors (Lipinski definition) is 14. The zero-order chi connectivity index (χ0) is 25.3. The van der Waals surface area contributed by atoms with E-state index in [1.807, 2.05) is 0 Å². The number of anilines is 1. The highest BCUT2D eigenvalue weighted by molar-refractivity contribution is 7.16. The first-order valence-electron chi connectivity index (χ1n) is 10.2. The predicted molar refractivity (Wildman–Crippen MR) is 117 cm³/mol. The maximum atomic E-state index is 12.8. The molecule has 2 aromatic heterocycles. The third-order valence-corrected chi connectivity index (χ3v) is 5.93. The van der Waals surface area contributed by atoms with Crippen molar-refractivity contribution in [3.05, 3.63) is 9.67 Å². The van der Waals surface area contributed by atoms with Gasteiger partial charge < -0.3 is 35.5 Å². The minimum Gasteiger partial charge on any atom is -0.492 e. The van der Waals surface area contributed by atoms with Crippen LogP contribution < -0.4 is 16.3 Å². The Bertz CT molecular complexity index is 1160. The van der Waals surface area contributed by atoms with Crippen molar-refractivity contribution in [1.82, 2.24) is 14.5 Å². The lowest BCUT2D eigenvalue weighted by atomic mass is 10.1. The van der Waals surface area contributed by atoms with Gasteiger partial charge in [0, 0.05) is 13.8 Å². The van der Waals surface area contributed by atoms with Crippen LogP contribution in [0, 0.1) is 5.92 Å². The highest BCUT2D eigenvalue weighted by Crippen LogP contribution is 2.37. The molecule has 0 aliphatic carbocycles. The van der Waals surface area contributed by atoms with Gasteiger partial charge in [-0.05, 0) is 5.92 Å². The molecule has 0 aromatic carbocycles. The van der Waals surface area contributed by atoms with Crippen LogP contribution >= 0.6 is 11.3 Å². The number of nitrogens with two attached hydrogens (primary N) is 2. The van der Waals surface area contributed by atoms with E-state index in [9.17, 15) is 24.3 Å². The van der Waals surface area contributed by atoms with Crippen LogP contribution in [-0.4, -0.2) is 68.5 Å². The zero-order valence-electron chi connectivity index (χ0n) is 18.8. The van der Waals surface area contributed by atoms with Crippen molar-refractivity contribution in [2.24, 2.45) is 11.7 Å². The highest BCUT2D eigenvalue weighted by atomic mass is 32.1. The topological polar surface area (TPSA) is 208 Å². The monoisotopic (exact) mass is 499 g/mol. The van der Waals surface area contributed by atoms with E-state index in [0.29, 0.717) is 11.3 Å². The summed E-state index contributed by atoms with van der Waals surface area (Å²) in [6, 6.07) is -0.903. The van der Waals surface area contributed by atoms with Crippen LogP contribution in [0.15, 0.2) is 4.79 Å². The largest absolute Gasteiger partial charge is 0.492 e. The Hall–Kier alpha value is -3.30. The van der Waals surface area contributed by atoms with Crippen LogP contribution in [-0.2, 0) is 33.3 Å². The normalized spacial score (nSPS) is 23.1. The molecule has 0 amide bonds. The van der Waals surface area contributed by atoms with Crippen LogP contribution in [0.3, 0.4) is 0 Å². The number of aromatic hydroxyl groups is 1. The van der Waals surface area contributed by atoms with Gasteiger partial charge in [0.05, 0.1) is 0 Å². The van der Waals surface area contributed by atoms with Gasteiger partial charge in [0.15, 0.2) is 24.1 Å². The third kappa shape index (κ3) is 5.10. The predicted octanol–water partition coefficient (Wildman–Crippen LogP) is -0.572. The van der Waals surface area contributed by atoms with Crippen molar-refractivity contribution in [3.63, 3.8) is 0 Å². The molecule has 34 heavy (non-hydrogen) atoms. The van der Waals surface area contributed by atoms with E-state index in [0.717, 1.165) is 18.4 Å². The Balaban J connectivity index is 2.03. The van der Waals surface area contributed by atoms with Gasteiger partial charge in [0.25, 0.3) is 0 Å². The summed E-state index contributed by atoms with van der Waals surface area (Å²) in [7, 11) is 0. The lowest BCUT2D eigenvalue weighted by molar-refractivity contribution is -0.166. The van der Waals surface area contributed by atoms with Crippen LogP contribution in [0.4, 0.5) is 5.95 Å². The van der Waals surface area contributed by atoms with Gasteiger partial charge in [-0.25, -0.2) is 0 Å². The Morgan fingerprint density at radius 2 is 1.79 bits per heavy atom. The standard InChI is InChI=1S/C19H25N5O9S/c1-6(2)10(20)17(28)30-5-9-11(31-7(3)25)12(32-8(4)26)16(33-9)24-14-13(34-19(24)29)15(27)23-18(21)22-14/h6,9-12,16H,5,20H2,1-4H3,(H3,21,22,23,27)/t9-,10+,11-,12-,16-/m1/s1. The van der Waals surface area contributed by atoms with Crippen LogP contribution in [0.5, 0.6) is 5.88 Å². The fourth-order valence-electron chi connectivity index (χ4n) is 3.38. The molecule has 5 N–H and O–H groups in total. The SMILES string of the molecule is CC(=O)O[C@@H]1[C@H](OC(C)=O)[C@@H](COC(=O)[C@@H](N)C(C)C)O[C@H]1n1c(=O)sc2c(O)nc(N)nc21. The fraction of sp³-hybridized carbons (Fsp3) is 0.579. The van der Waals surface area contributed by atoms with E-state index in [1.165, 1.54) is 0 Å². The van der Waals surface area contributed by atoms with E-state index in [-0.39, 0.29) is 22.2 Å². The fourth-order valence-corrected chi connectivity index (χ4v) is 4.21. The first-order chi connectivity index (χ1) is 15.9. The first-order valence-corrected chi connectivity index (χ1v) is 11.0. The average Bonchev–Trinajstić information content (AvgIpc) is 3.21. The van der Waals surface area contributed by atoms with Gasteiger partial charge in [0.1, 0.15) is 23.5 Å². The number of nitrogen functional groups attached to an aromatic ring is 1. The van der Waals surface area contributed by atoms with E-state index < -0.39 is 65.8 Å². The van der Waals surface area contributed by atoms with Crippen LogP contribution in [0.25, 0.3) is 10.3 Å². The van der Waals surface area contributed by atoms with Gasteiger partial charge in [-0.15, -0.1) is 0 Å². The molecule has 0 bridgehead atoms. The number of carbonyl (C=O) groups excluding carboxylic acids is 3. The number of nitrogens with zero attached hydrogens (tertiary/aromatic N) is 3. The number of rotatable bonds is 7. The summed E-state index contributed by atoms with van der Waals surface area (Å²) in [4.78, 5) is 55.7. The number of aromatic nitrogens is 3. The van der Waals surface area contributed by atoms with Crippen molar-refractivity contribution in [2.75, 3.05) is 12.3 Å². The second-order valence-electron chi connectivity index (χ2n) is 7.91. The molecule has 1 aliphatic heterocycles. The molecule has 15 heteroatoms. The summed E-state index contributed by atoms with van der Waals surface area (Å²) in [5, 5.41) is 10.1. The van der Waals surface area contributed by atoms with Gasteiger partial charge in [-0.1, -0.05) is 25.2 Å². The molecular weight excluding hydrogens is 474 g/mol. The summed E-state index contributed by atoms with van der Waals surface area (Å²) in [6.07, 6.45) is -5.05. The molecule has 14 nitrogen and oxygen atoms in total. The summed E-state index contributed by atoms with van der Waals surface area (Å²) in [6.45, 7) is 5.32. The Labute approximate surface area is 196 Å². The van der Waals surface area contributed by atoms with Crippen molar-refractivity contribution in [3.8, 4) is 5.88 Å². The van der Waals surface area contributed by atoms with Crippen molar-refractivity contribution in [2.45, 2.75) is 58.3 Å². The summed E-state index contributed by atoms with van der Waals surface area (Å²) >= 11 is 0.610. The number of thiazole rings is 1. The number of hydrogen-bond donors (Lipinski definition) is 3. The molecule has 2 aromatic rings. The van der Waals surface area contributed by atoms with Gasteiger partial charge in [-0.2, -0.15) is 9.97 Å². The average molecular weight is 500 g/mol. The van der Waals surface area contributed by atoms with E-state index in [1.54, 1.807) is 13.8 Å². The van der Waals surface area contributed by atoms with Crippen molar-refractivity contribution >= 4 is 45.5 Å². The second kappa shape index (κ2) is 9.90. The summed E-state index contributed by atoms with van der Waals surface area (Å²) in [5.41, 5.74) is 11.3. The Kier molecular flexibility index (Phi) is 7.38. The molecule has 5 atom stereocenters. The molecular formula is C19H25N5O9S. The lowest BCUT2D eigenvalue weighted by Crippen LogP contribution is -2.43. The quantitative estimate of drug-likeness (QED) is 0.322. The van der Waals surface area contributed by atoms with E-state index >= 15 is 0 Å². The third-order valence-electron chi connectivity index (χ3n) is 4.99. The second-order valence-corrected chi connectivity index (χ2v) is 8.87. The van der Waals surface area contributed by atoms with Crippen molar-refractivity contribution < 1.29 is 38.4 Å². The Morgan fingerprint density at radius 1 is 1.18 bits per heavy atom. The maximum absolute atomic E-state index is 12.8. The molecule has 0 spiro atoms. The molecule has 0 unspecified atom stereocenters. The van der Waals surface area contributed by atoms with Crippen LogP contribution in [0.1, 0.15) is 33.9 Å². The number of ether oxygens (including phenoxy) is 4. The lowest BCUT2D eigenvalue weighted by Gasteiger charge is -2.24. The van der Waals surface area contributed by atoms with E-state index in [4.69, 9.17) is 30.4 Å². The van der Waals surface area contributed by atoms with E-state index in [2.05, 4.69) is 9.97 Å². The van der Waals surface area contributed by atoms with Gasteiger partial charge >= 0.3 is 22.8 Å². The summed E-state index contributed by atoms with van der Waals surface area (Å²) in [5.74, 6) is -3.22. The first kappa shape index (κ1) is 25.3. The summed E-state index contributed by atoms with van der Waals surface area (Å²) < 4.78 is 22.8. The van der Waals surface area contributed by atoms with Gasteiger partial charge in [0.2, 0.25) is 11.8 Å². The van der Waals surface area contributed by atoms with Crippen LogP contribution in [0.2, 0.25) is 0 Å². The minimum atomic E-state index is -1.36. The van der Waals surface area contributed by atoms with Gasteiger partial charge in [-0.3, -0.25) is 23.7 Å². The molecule has 0 radical (unpaired) electrons. The van der Waals surface area contributed by atoms with Crippen molar-refractivity contribution in [1.29, 1.82) is 0 Å². The molecule has 1 aliphatic rings. The maximum Gasteiger partial charge on any atom is 0.323 e. The molecule has 186 valence electrons. The Morgan fingerprint density at radius 3 is 2.38 bits per heavy atom. The molecule has 1 saturated heterocycles. The molecule has 0 saturated carbocycles. The zero-order valence-corrected chi connectivity index (χ0v) is 19.6.